The lowest BCUT2D eigenvalue weighted by atomic mass is 10.0. The van der Waals surface area contributed by atoms with Gasteiger partial charge in [-0.15, -0.1) is 11.6 Å². The Hall–Kier alpha value is -1.55. The van der Waals surface area contributed by atoms with Crippen molar-refractivity contribution < 1.29 is 14.3 Å². The highest BCUT2D eigenvalue weighted by molar-refractivity contribution is 6.30. The number of halogens is 1. The maximum atomic E-state index is 12.4. The number of nitrogens with zero attached hydrogens (tertiary/aromatic N) is 1. The molecule has 0 heterocycles. The Kier molecular flexibility index (Phi) is 6.88. The number of benzene rings is 1. The summed E-state index contributed by atoms with van der Waals surface area (Å²) in [5.74, 6) is -0.922. The van der Waals surface area contributed by atoms with Crippen LogP contribution in [0.15, 0.2) is 18.2 Å². The molecule has 0 bridgehead atoms. The summed E-state index contributed by atoms with van der Waals surface area (Å²) in [5, 5.41) is 0. The van der Waals surface area contributed by atoms with Gasteiger partial charge in [-0.3, -0.25) is 9.69 Å². The van der Waals surface area contributed by atoms with E-state index in [0.717, 1.165) is 23.2 Å². The number of amides is 1. The lowest BCUT2D eigenvalue weighted by Gasteiger charge is -2.31. The van der Waals surface area contributed by atoms with E-state index in [2.05, 4.69) is 0 Å². The second-order valence-corrected chi connectivity index (χ2v) is 5.76. The molecule has 0 aromatic heterocycles. The second-order valence-electron chi connectivity index (χ2n) is 5.50. The third kappa shape index (κ3) is 4.23. The zero-order valence-electron chi connectivity index (χ0n) is 13.9. The van der Waals surface area contributed by atoms with Crippen LogP contribution in [0.1, 0.15) is 38.8 Å². The van der Waals surface area contributed by atoms with Gasteiger partial charge in [0.1, 0.15) is 11.9 Å². The van der Waals surface area contributed by atoms with E-state index in [9.17, 15) is 9.59 Å². The molecule has 1 amide bonds. The van der Waals surface area contributed by atoms with Crippen molar-refractivity contribution in [2.45, 2.75) is 53.2 Å². The van der Waals surface area contributed by atoms with E-state index in [1.807, 2.05) is 32.0 Å². The summed E-state index contributed by atoms with van der Waals surface area (Å²) < 4.78 is 5.25. The minimum atomic E-state index is -0.722. The van der Waals surface area contributed by atoms with Crippen LogP contribution in [0.25, 0.3) is 0 Å². The van der Waals surface area contributed by atoms with Crippen LogP contribution in [0.2, 0.25) is 0 Å². The number of carbonyl (C=O) groups is 2. The topological polar surface area (TPSA) is 46.6 Å². The summed E-state index contributed by atoms with van der Waals surface area (Å²) >= 11 is 5.76. The fourth-order valence-corrected chi connectivity index (χ4v) is 2.51. The molecular weight excluding hydrogens is 302 g/mol. The van der Waals surface area contributed by atoms with Gasteiger partial charge in [-0.2, -0.15) is 0 Å². The van der Waals surface area contributed by atoms with Gasteiger partial charge in [0.2, 0.25) is 5.91 Å². The lowest BCUT2D eigenvalue weighted by molar-refractivity contribution is -0.149. The Balaban J connectivity index is 3.31. The van der Waals surface area contributed by atoms with E-state index >= 15 is 0 Å². The van der Waals surface area contributed by atoms with Crippen LogP contribution in [-0.2, 0) is 20.7 Å². The quantitative estimate of drug-likeness (QED) is 0.594. The molecule has 0 fully saturated rings. The van der Waals surface area contributed by atoms with Crippen LogP contribution in [0, 0.1) is 6.92 Å². The molecule has 1 atom stereocenters. The summed E-state index contributed by atoms with van der Waals surface area (Å²) in [5.41, 5.74) is 2.69. The van der Waals surface area contributed by atoms with Crippen LogP contribution in [0.3, 0.4) is 0 Å². The monoisotopic (exact) mass is 325 g/mol. The molecular formula is C17H24ClNO3. The fraction of sp³-hybridized carbons (Fsp3) is 0.529. The highest BCUT2D eigenvalue weighted by atomic mass is 35.5. The molecule has 0 aliphatic heterocycles. The molecule has 122 valence electrons. The predicted molar refractivity (Wildman–Crippen MR) is 89.5 cm³/mol. The minimum Gasteiger partial charge on any atom is -0.461 e. The molecule has 1 aromatic rings. The van der Waals surface area contributed by atoms with Crippen molar-refractivity contribution in [3.05, 3.63) is 29.3 Å². The van der Waals surface area contributed by atoms with Crippen molar-refractivity contribution in [1.82, 2.24) is 0 Å². The zero-order chi connectivity index (χ0) is 16.9. The number of anilines is 1. The maximum absolute atomic E-state index is 12.4. The van der Waals surface area contributed by atoms with Gasteiger partial charge in [0.05, 0.1) is 11.8 Å². The van der Waals surface area contributed by atoms with Crippen LogP contribution < -0.4 is 4.90 Å². The summed E-state index contributed by atoms with van der Waals surface area (Å²) in [6.45, 7) is 9.16. The van der Waals surface area contributed by atoms with E-state index in [1.165, 1.54) is 4.90 Å². The van der Waals surface area contributed by atoms with E-state index in [-0.39, 0.29) is 17.9 Å². The second kappa shape index (κ2) is 8.18. The van der Waals surface area contributed by atoms with Gasteiger partial charge in [-0.1, -0.05) is 25.1 Å². The maximum Gasteiger partial charge on any atom is 0.329 e. The molecule has 1 rings (SSSR count). The number of aryl methyl sites for hydroxylation is 2. The zero-order valence-corrected chi connectivity index (χ0v) is 14.6. The van der Waals surface area contributed by atoms with Crippen molar-refractivity contribution in [2.24, 2.45) is 0 Å². The first-order valence-electron chi connectivity index (χ1n) is 7.50. The first kappa shape index (κ1) is 18.5. The number of alkyl halides is 1. The number of rotatable bonds is 6. The summed E-state index contributed by atoms with van der Waals surface area (Å²) in [7, 11) is 0. The van der Waals surface area contributed by atoms with E-state index in [1.54, 1.807) is 20.8 Å². The van der Waals surface area contributed by atoms with Crippen LogP contribution in [-0.4, -0.2) is 29.9 Å². The molecule has 0 spiro atoms. The van der Waals surface area contributed by atoms with Crippen molar-refractivity contribution in [3.63, 3.8) is 0 Å². The van der Waals surface area contributed by atoms with Gasteiger partial charge >= 0.3 is 5.97 Å². The molecule has 1 unspecified atom stereocenters. The van der Waals surface area contributed by atoms with Crippen molar-refractivity contribution in [2.75, 3.05) is 10.8 Å². The number of hydrogen-bond donors (Lipinski definition) is 0. The number of ether oxygens (including phenoxy) is 1. The van der Waals surface area contributed by atoms with Gasteiger partial charge in [0.25, 0.3) is 0 Å². The van der Waals surface area contributed by atoms with Gasteiger partial charge in [0.15, 0.2) is 0 Å². The highest BCUT2D eigenvalue weighted by Gasteiger charge is 2.30. The van der Waals surface area contributed by atoms with Crippen molar-refractivity contribution in [3.8, 4) is 0 Å². The Morgan fingerprint density at radius 1 is 1.27 bits per heavy atom. The summed E-state index contributed by atoms with van der Waals surface area (Å²) in [6, 6.07) is 5.10. The predicted octanol–water partition coefficient (Wildman–Crippen LogP) is 3.47. The Bertz CT molecular complexity index is 543. The normalized spacial score (nSPS) is 12.1. The van der Waals surface area contributed by atoms with E-state index in [0.29, 0.717) is 0 Å². The fourth-order valence-electron chi connectivity index (χ4n) is 2.38. The molecule has 22 heavy (non-hydrogen) atoms. The molecule has 0 aliphatic carbocycles. The van der Waals surface area contributed by atoms with Crippen molar-refractivity contribution >= 4 is 29.2 Å². The van der Waals surface area contributed by atoms with Crippen LogP contribution >= 0.6 is 11.6 Å². The van der Waals surface area contributed by atoms with Gasteiger partial charge in [-0.25, -0.2) is 4.79 Å². The number of esters is 1. The molecule has 5 heteroatoms. The smallest absolute Gasteiger partial charge is 0.329 e. The molecule has 4 nitrogen and oxygen atoms in total. The average Bonchev–Trinajstić information content (AvgIpc) is 2.47. The number of hydrogen-bond acceptors (Lipinski definition) is 3. The Morgan fingerprint density at radius 2 is 1.91 bits per heavy atom. The third-order valence-corrected chi connectivity index (χ3v) is 3.64. The van der Waals surface area contributed by atoms with Crippen LogP contribution in [0.5, 0.6) is 0 Å². The Labute approximate surface area is 137 Å². The van der Waals surface area contributed by atoms with Gasteiger partial charge < -0.3 is 4.74 Å². The minimum absolute atomic E-state index is 0.184. The first-order valence-corrected chi connectivity index (χ1v) is 8.03. The molecule has 0 saturated heterocycles. The third-order valence-electron chi connectivity index (χ3n) is 3.41. The van der Waals surface area contributed by atoms with Gasteiger partial charge in [0, 0.05) is 0 Å². The molecule has 0 aliphatic rings. The van der Waals surface area contributed by atoms with E-state index in [4.69, 9.17) is 16.3 Å². The molecule has 0 radical (unpaired) electrons. The highest BCUT2D eigenvalue weighted by Crippen LogP contribution is 2.28. The summed E-state index contributed by atoms with van der Waals surface area (Å²) in [6.07, 6.45) is 0.528. The number of carbonyl (C=O) groups excluding carboxylic acids is 2. The van der Waals surface area contributed by atoms with Crippen LogP contribution in [0.4, 0.5) is 5.69 Å². The van der Waals surface area contributed by atoms with E-state index < -0.39 is 12.0 Å². The molecule has 0 N–H and O–H groups in total. The number of para-hydroxylation sites is 1. The van der Waals surface area contributed by atoms with Crippen molar-refractivity contribution in [1.29, 1.82) is 0 Å². The standard InChI is InChI=1S/C17H24ClNO3/c1-6-14-9-7-8-12(4)16(14)19(15(20)10-18)13(5)17(21)22-11(2)3/h7-9,11,13H,6,10H2,1-5H3. The summed E-state index contributed by atoms with van der Waals surface area (Å²) in [4.78, 5) is 26.1. The Morgan fingerprint density at radius 3 is 2.41 bits per heavy atom. The van der Waals surface area contributed by atoms with Gasteiger partial charge in [-0.05, 0) is 45.2 Å². The average molecular weight is 326 g/mol. The SMILES string of the molecule is CCc1cccc(C)c1N(C(=O)CCl)C(C)C(=O)OC(C)C. The largest absolute Gasteiger partial charge is 0.461 e. The lowest BCUT2D eigenvalue weighted by Crippen LogP contribution is -2.46. The molecule has 0 saturated carbocycles. The first-order chi connectivity index (χ1) is 10.3. The molecule has 1 aromatic carbocycles.